The molecule has 1 aliphatic heterocycles. The number of nitrogens with one attached hydrogen (secondary N) is 1. The van der Waals surface area contributed by atoms with E-state index in [1.807, 2.05) is 18.2 Å². The van der Waals surface area contributed by atoms with Crippen LogP contribution in [0.4, 0.5) is 4.79 Å². The summed E-state index contributed by atoms with van der Waals surface area (Å²) in [4.78, 5) is 25.6. The summed E-state index contributed by atoms with van der Waals surface area (Å²) < 4.78 is 0. The van der Waals surface area contributed by atoms with E-state index in [1.54, 1.807) is 17.0 Å². The average molecular weight is 260 g/mol. The molecule has 1 aliphatic rings. The minimum Gasteiger partial charge on any atom is -0.331 e. The lowest BCUT2D eigenvalue weighted by molar-refractivity contribution is 0.0986. The second kappa shape index (κ2) is 6.36. The molecular weight excluding hydrogens is 240 g/mol. The van der Waals surface area contributed by atoms with Crippen LogP contribution < -0.4 is 5.32 Å². The first kappa shape index (κ1) is 13.6. The molecule has 1 aromatic carbocycles. The number of likely N-dealkylation sites (tertiary alicyclic amines) is 1. The molecule has 1 fully saturated rings. The van der Waals surface area contributed by atoms with Crippen LogP contribution >= 0.6 is 0 Å². The van der Waals surface area contributed by atoms with Crippen molar-refractivity contribution in [1.82, 2.24) is 10.2 Å². The van der Waals surface area contributed by atoms with Crippen molar-refractivity contribution in [3.8, 4) is 0 Å². The number of hydrogen-bond acceptors (Lipinski definition) is 2. The molecule has 102 valence electrons. The van der Waals surface area contributed by atoms with Crippen molar-refractivity contribution in [2.75, 3.05) is 19.6 Å². The third kappa shape index (κ3) is 3.81. The van der Waals surface area contributed by atoms with Gasteiger partial charge in [-0.3, -0.25) is 4.79 Å². The maximum Gasteiger partial charge on any atom is 0.317 e. The van der Waals surface area contributed by atoms with Gasteiger partial charge in [-0.2, -0.15) is 0 Å². The van der Waals surface area contributed by atoms with Gasteiger partial charge in [0, 0.05) is 18.7 Å². The van der Waals surface area contributed by atoms with Crippen LogP contribution in [0, 0.1) is 5.92 Å². The van der Waals surface area contributed by atoms with Crippen LogP contribution in [-0.4, -0.2) is 36.3 Å². The minimum atomic E-state index is -0.129. The summed E-state index contributed by atoms with van der Waals surface area (Å²) in [5.74, 6) is 0.489. The molecule has 4 nitrogen and oxygen atoms in total. The van der Waals surface area contributed by atoms with Crippen molar-refractivity contribution in [2.45, 2.75) is 19.8 Å². The Kier molecular flexibility index (Phi) is 4.55. The van der Waals surface area contributed by atoms with Crippen LogP contribution in [0.1, 0.15) is 30.1 Å². The van der Waals surface area contributed by atoms with Gasteiger partial charge in [0.25, 0.3) is 0 Å². The van der Waals surface area contributed by atoms with Gasteiger partial charge in [0.2, 0.25) is 0 Å². The van der Waals surface area contributed by atoms with Crippen molar-refractivity contribution in [1.29, 1.82) is 0 Å². The molecule has 0 aliphatic carbocycles. The molecule has 0 aromatic heterocycles. The summed E-state index contributed by atoms with van der Waals surface area (Å²) in [5, 5.41) is 2.71. The Hall–Kier alpha value is -1.84. The Labute approximate surface area is 113 Å². The Morgan fingerprint density at radius 1 is 1.32 bits per heavy atom. The number of carbonyl (C=O) groups is 2. The van der Waals surface area contributed by atoms with Gasteiger partial charge in [-0.15, -0.1) is 0 Å². The Bertz CT molecular complexity index is 445. The number of hydrogen-bond donors (Lipinski definition) is 1. The Morgan fingerprint density at radius 2 is 2.05 bits per heavy atom. The second-order valence-electron chi connectivity index (χ2n) is 5.14. The maximum absolute atomic E-state index is 11.9. The van der Waals surface area contributed by atoms with Gasteiger partial charge in [-0.1, -0.05) is 37.3 Å². The first-order chi connectivity index (χ1) is 9.16. The lowest BCUT2D eigenvalue weighted by Gasteiger charge is -2.30. The minimum absolute atomic E-state index is 0.0565. The van der Waals surface area contributed by atoms with E-state index in [1.165, 1.54) is 6.42 Å². The molecule has 0 radical (unpaired) electrons. The lowest BCUT2D eigenvalue weighted by Crippen LogP contribution is -2.46. The third-order valence-electron chi connectivity index (χ3n) is 3.44. The van der Waals surface area contributed by atoms with E-state index >= 15 is 0 Å². The zero-order valence-corrected chi connectivity index (χ0v) is 11.3. The van der Waals surface area contributed by atoms with Crippen molar-refractivity contribution in [3.05, 3.63) is 35.9 Å². The molecule has 0 spiro atoms. The van der Waals surface area contributed by atoms with E-state index in [4.69, 9.17) is 0 Å². The van der Waals surface area contributed by atoms with Gasteiger partial charge < -0.3 is 10.2 Å². The Morgan fingerprint density at radius 3 is 2.74 bits per heavy atom. The average Bonchev–Trinajstić information content (AvgIpc) is 2.45. The fraction of sp³-hybridized carbons (Fsp3) is 0.467. The first-order valence-corrected chi connectivity index (χ1v) is 6.78. The van der Waals surface area contributed by atoms with E-state index in [0.717, 1.165) is 19.5 Å². The Balaban J connectivity index is 1.82. The van der Waals surface area contributed by atoms with Gasteiger partial charge in [-0.25, -0.2) is 4.79 Å². The molecule has 1 N–H and O–H groups in total. The summed E-state index contributed by atoms with van der Waals surface area (Å²) in [6.07, 6.45) is 2.22. The number of piperidine rings is 1. The summed E-state index contributed by atoms with van der Waals surface area (Å²) in [6, 6.07) is 8.90. The van der Waals surface area contributed by atoms with Gasteiger partial charge in [0.05, 0.1) is 6.54 Å². The molecule has 19 heavy (non-hydrogen) atoms. The molecular formula is C15H20N2O2. The fourth-order valence-corrected chi connectivity index (χ4v) is 2.37. The number of ketones is 1. The maximum atomic E-state index is 11.9. The van der Waals surface area contributed by atoms with Crippen LogP contribution in [-0.2, 0) is 0 Å². The van der Waals surface area contributed by atoms with Gasteiger partial charge in [0.1, 0.15) is 0 Å². The van der Waals surface area contributed by atoms with E-state index in [0.29, 0.717) is 11.5 Å². The summed E-state index contributed by atoms with van der Waals surface area (Å²) in [6.45, 7) is 3.78. The SMILES string of the molecule is CC1CCCN(C(=O)NCC(=O)c2ccccc2)C1. The van der Waals surface area contributed by atoms with Crippen LogP contribution in [0.3, 0.4) is 0 Å². The molecule has 1 saturated heterocycles. The molecule has 1 aromatic rings. The molecule has 1 atom stereocenters. The molecule has 2 rings (SSSR count). The van der Waals surface area contributed by atoms with Gasteiger partial charge in [0.15, 0.2) is 5.78 Å². The highest BCUT2D eigenvalue weighted by atomic mass is 16.2. The van der Waals surface area contributed by atoms with Crippen LogP contribution in [0.5, 0.6) is 0 Å². The smallest absolute Gasteiger partial charge is 0.317 e. The molecule has 1 unspecified atom stereocenters. The van der Waals surface area contributed by atoms with Crippen molar-refractivity contribution < 1.29 is 9.59 Å². The van der Waals surface area contributed by atoms with Crippen molar-refractivity contribution >= 4 is 11.8 Å². The predicted octanol–water partition coefficient (Wildman–Crippen LogP) is 2.31. The second-order valence-corrected chi connectivity index (χ2v) is 5.14. The highest BCUT2D eigenvalue weighted by molar-refractivity contribution is 5.99. The number of amides is 2. The number of rotatable bonds is 3. The number of nitrogens with zero attached hydrogens (tertiary/aromatic N) is 1. The number of Topliss-reactive ketones (excluding diaryl/α,β-unsaturated/α-hetero) is 1. The quantitative estimate of drug-likeness (QED) is 0.848. The summed E-state index contributed by atoms with van der Waals surface area (Å²) in [5.41, 5.74) is 0.634. The lowest BCUT2D eigenvalue weighted by atomic mass is 10.0. The zero-order chi connectivity index (χ0) is 13.7. The fourth-order valence-electron chi connectivity index (χ4n) is 2.37. The predicted molar refractivity (Wildman–Crippen MR) is 74.1 cm³/mol. The molecule has 0 bridgehead atoms. The van der Waals surface area contributed by atoms with E-state index in [9.17, 15) is 9.59 Å². The first-order valence-electron chi connectivity index (χ1n) is 6.78. The number of carbonyl (C=O) groups excluding carboxylic acids is 2. The van der Waals surface area contributed by atoms with Crippen LogP contribution in [0.15, 0.2) is 30.3 Å². The van der Waals surface area contributed by atoms with Crippen LogP contribution in [0.25, 0.3) is 0 Å². The van der Waals surface area contributed by atoms with Crippen molar-refractivity contribution in [3.63, 3.8) is 0 Å². The van der Waals surface area contributed by atoms with Crippen molar-refractivity contribution in [2.24, 2.45) is 5.92 Å². The van der Waals surface area contributed by atoms with Gasteiger partial charge >= 0.3 is 6.03 Å². The highest BCUT2D eigenvalue weighted by Gasteiger charge is 2.21. The van der Waals surface area contributed by atoms with E-state index < -0.39 is 0 Å². The van der Waals surface area contributed by atoms with E-state index in [2.05, 4.69) is 12.2 Å². The van der Waals surface area contributed by atoms with Crippen LogP contribution in [0.2, 0.25) is 0 Å². The number of urea groups is 1. The van der Waals surface area contributed by atoms with Gasteiger partial charge in [-0.05, 0) is 18.8 Å². The third-order valence-corrected chi connectivity index (χ3v) is 3.44. The standard InChI is InChI=1S/C15H20N2O2/c1-12-6-5-9-17(11-12)15(19)16-10-14(18)13-7-3-2-4-8-13/h2-4,7-8,12H,5-6,9-11H2,1H3,(H,16,19). The zero-order valence-electron chi connectivity index (χ0n) is 11.3. The summed E-state index contributed by atoms with van der Waals surface area (Å²) >= 11 is 0. The molecule has 2 amide bonds. The number of benzene rings is 1. The largest absolute Gasteiger partial charge is 0.331 e. The van der Waals surface area contributed by atoms with E-state index in [-0.39, 0.29) is 18.4 Å². The monoisotopic (exact) mass is 260 g/mol. The normalized spacial score (nSPS) is 19.0. The molecule has 0 saturated carbocycles. The topological polar surface area (TPSA) is 49.4 Å². The molecule has 4 heteroatoms. The highest BCUT2D eigenvalue weighted by Crippen LogP contribution is 2.15. The summed E-state index contributed by atoms with van der Waals surface area (Å²) in [7, 11) is 0. The molecule has 1 heterocycles.